The van der Waals surface area contributed by atoms with Crippen LogP contribution in [0.15, 0.2) is 67.1 Å². The maximum atomic E-state index is 12.5. The van der Waals surface area contributed by atoms with Crippen LogP contribution in [0.4, 0.5) is 0 Å². The van der Waals surface area contributed by atoms with Gasteiger partial charge in [-0.05, 0) is 49.6 Å². The number of amides is 1. The van der Waals surface area contributed by atoms with E-state index < -0.39 is 5.91 Å². The first-order valence-corrected chi connectivity index (χ1v) is 13.2. The molecule has 1 amide bonds. The van der Waals surface area contributed by atoms with Crippen LogP contribution < -0.4 is 5.73 Å². The third-order valence-corrected chi connectivity index (χ3v) is 7.36. The van der Waals surface area contributed by atoms with Crippen molar-refractivity contribution in [2.45, 2.75) is 19.3 Å². The van der Waals surface area contributed by atoms with Crippen LogP contribution in [-0.4, -0.2) is 61.7 Å². The summed E-state index contributed by atoms with van der Waals surface area (Å²) in [5.41, 5.74) is 10.8. The van der Waals surface area contributed by atoms with E-state index in [1.54, 1.807) is 12.3 Å². The van der Waals surface area contributed by atoms with E-state index in [4.69, 9.17) is 10.7 Å². The van der Waals surface area contributed by atoms with Crippen molar-refractivity contribution in [2.75, 3.05) is 31.1 Å². The number of aromatic nitrogens is 4. The third kappa shape index (κ3) is 5.33. The second-order valence-electron chi connectivity index (χ2n) is 8.75. The maximum absolute atomic E-state index is 12.5. The molecule has 3 heterocycles. The number of nitrogens with zero attached hydrogens (tertiary/aromatic N) is 4. The van der Waals surface area contributed by atoms with Crippen molar-refractivity contribution >= 4 is 17.7 Å². The van der Waals surface area contributed by atoms with Crippen LogP contribution >= 0.6 is 11.8 Å². The number of H-pyrrole nitrogens is 1. The Morgan fingerprint density at radius 1 is 1.06 bits per heavy atom. The summed E-state index contributed by atoms with van der Waals surface area (Å²) in [6.07, 6.45) is 8.77. The smallest absolute Gasteiger partial charge is 0.249 e. The summed E-state index contributed by atoms with van der Waals surface area (Å²) in [5.74, 6) is 2.71. The van der Waals surface area contributed by atoms with E-state index >= 15 is 0 Å². The Hall–Kier alpha value is -3.36. The first-order valence-electron chi connectivity index (χ1n) is 12.1. The second kappa shape index (κ2) is 10.9. The van der Waals surface area contributed by atoms with Gasteiger partial charge in [-0.15, -0.1) is 0 Å². The van der Waals surface area contributed by atoms with Crippen LogP contribution in [0.1, 0.15) is 28.9 Å². The summed E-state index contributed by atoms with van der Waals surface area (Å²) in [7, 11) is 0. The number of para-hydroxylation sites is 1. The number of rotatable bonds is 9. The molecule has 8 heteroatoms. The average molecular weight is 487 g/mol. The fourth-order valence-electron chi connectivity index (χ4n) is 4.61. The molecule has 0 saturated carbocycles. The molecule has 2 aromatic heterocycles. The summed E-state index contributed by atoms with van der Waals surface area (Å²) >= 11 is 2.04. The van der Waals surface area contributed by atoms with Crippen molar-refractivity contribution in [2.24, 2.45) is 5.73 Å². The van der Waals surface area contributed by atoms with Gasteiger partial charge in [0, 0.05) is 53.8 Å². The maximum Gasteiger partial charge on any atom is 0.249 e. The summed E-state index contributed by atoms with van der Waals surface area (Å²) in [6, 6.07) is 15.7. The van der Waals surface area contributed by atoms with Crippen molar-refractivity contribution < 1.29 is 4.79 Å². The molecule has 0 unspecified atom stereocenters. The summed E-state index contributed by atoms with van der Waals surface area (Å²) in [4.78, 5) is 20.1. The molecule has 7 nitrogen and oxygen atoms in total. The van der Waals surface area contributed by atoms with E-state index in [1.165, 1.54) is 24.6 Å². The van der Waals surface area contributed by atoms with Gasteiger partial charge in [-0.2, -0.15) is 16.9 Å². The largest absolute Gasteiger partial charge is 0.366 e. The quantitative estimate of drug-likeness (QED) is 0.342. The van der Waals surface area contributed by atoms with Crippen LogP contribution in [0.2, 0.25) is 0 Å². The zero-order valence-electron chi connectivity index (χ0n) is 19.7. The van der Waals surface area contributed by atoms with Crippen LogP contribution in [0.3, 0.4) is 0 Å². The molecule has 2 aromatic carbocycles. The number of benzene rings is 2. The van der Waals surface area contributed by atoms with E-state index in [-0.39, 0.29) is 0 Å². The Labute approximate surface area is 209 Å². The SMILES string of the molecule is NC(=O)c1cccc(-c2cn[nH]c2)c1-c1nc(CCCCN2CCSCC2)cn1-c1ccccc1. The number of primary amides is 1. The normalized spacial score (nSPS) is 14.3. The second-order valence-corrected chi connectivity index (χ2v) is 9.98. The number of aromatic amines is 1. The lowest BCUT2D eigenvalue weighted by atomic mass is 9.96. The van der Waals surface area contributed by atoms with E-state index in [1.807, 2.05) is 60.4 Å². The molecular formula is C27H30N6OS. The molecule has 0 bridgehead atoms. The van der Waals surface area contributed by atoms with Crippen molar-refractivity contribution in [1.82, 2.24) is 24.6 Å². The summed E-state index contributed by atoms with van der Waals surface area (Å²) in [6.45, 7) is 3.53. The lowest BCUT2D eigenvalue weighted by molar-refractivity contribution is 0.100. The molecule has 0 radical (unpaired) electrons. The van der Waals surface area contributed by atoms with Crippen molar-refractivity contribution in [1.29, 1.82) is 0 Å². The molecule has 3 N–H and O–H groups in total. The molecule has 5 rings (SSSR count). The van der Waals surface area contributed by atoms with Gasteiger partial charge in [0.25, 0.3) is 0 Å². The monoisotopic (exact) mass is 486 g/mol. The predicted molar refractivity (Wildman–Crippen MR) is 142 cm³/mol. The minimum Gasteiger partial charge on any atom is -0.366 e. The number of thioether (sulfide) groups is 1. The Morgan fingerprint density at radius 3 is 2.63 bits per heavy atom. The van der Waals surface area contributed by atoms with Gasteiger partial charge in [-0.25, -0.2) is 4.98 Å². The van der Waals surface area contributed by atoms with Gasteiger partial charge in [0.05, 0.1) is 17.5 Å². The Bertz CT molecular complexity index is 1260. The van der Waals surface area contributed by atoms with Gasteiger partial charge in [0.1, 0.15) is 5.82 Å². The van der Waals surface area contributed by atoms with Crippen LogP contribution in [0, 0.1) is 0 Å². The number of imidazole rings is 1. The summed E-state index contributed by atoms with van der Waals surface area (Å²) in [5, 5.41) is 6.98. The van der Waals surface area contributed by atoms with E-state index in [0.29, 0.717) is 11.4 Å². The molecule has 0 aliphatic carbocycles. The highest BCUT2D eigenvalue weighted by Gasteiger charge is 2.22. The van der Waals surface area contributed by atoms with E-state index in [9.17, 15) is 4.79 Å². The number of nitrogens with two attached hydrogens (primary N) is 1. The third-order valence-electron chi connectivity index (χ3n) is 6.41. The lowest BCUT2D eigenvalue weighted by Crippen LogP contribution is -2.33. The van der Waals surface area contributed by atoms with E-state index in [0.717, 1.165) is 53.9 Å². The number of unbranched alkanes of at least 4 members (excludes halogenated alkanes) is 1. The number of hydrogen-bond acceptors (Lipinski definition) is 5. The Kier molecular flexibility index (Phi) is 7.30. The molecule has 180 valence electrons. The van der Waals surface area contributed by atoms with Gasteiger partial charge in [0.2, 0.25) is 5.91 Å². The standard InChI is InChI=1S/C27H30N6OS/c28-26(34)24-11-6-10-23(20-17-29-30-18-20)25(24)27-31-21(19-33(27)22-8-2-1-3-9-22)7-4-5-12-32-13-15-35-16-14-32/h1-3,6,8-11,17-19H,4-5,7,12-16H2,(H2,28,34)(H,29,30). The molecule has 1 fully saturated rings. The fourth-order valence-corrected chi connectivity index (χ4v) is 5.59. The number of carbonyl (C=O) groups excluding carboxylic acids is 1. The first-order chi connectivity index (χ1) is 17.2. The van der Waals surface area contributed by atoms with Crippen LogP contribution in [0.5, 0.6) is 0 Å². The highest BCUT2D eigenvalue weighted by Crippen LogP contribution is 2.35. The van der Waals surface area contributed by atoms with Gasteiger partial charge < -0.3 is 10.6 Å². The molecule has 1 aliphatic heterocycles. The van der Waals surface area contributed by atoms with Crippen molar-refractivity contribution in [3.8, 4) is 28.2 Å². The molecule has 0 atom stereocenters. The Balaban J connectivity index is 1.50. The van der Waals surface area contributed by atoms with E-state index in [2.05, 4.69) is 25.9 Å². The lowest BCUT2D eigenvalue weighted by Gasteiger charge is -2.25. The fraction of sp³-hybridized carbons (Fsp3) is 0.296. The highest BCUT2D eigenvalue weighted by molar-refractivity contribution is 7.99. The van der Waals surface area contributed by atoms with Gasteiger partial charge >= 0.3 is 0 Å². The van der Waals surface area contributed by atoms with Crippen molar-refractivity contribution in [3.05, 3.63) is 78.4 Å². The molecule has 4 aromatic rings. The van der Waals surface area contributed by atoms with Gasteiger partial charge in [0.15, 0.2) is 0 Å². The van der Waals surface area contributed by atoms with Crippen LogP contribution in [-0.2, 0) is 6.42 Å². The number of aryl methyl sites for hydroxylation is 1. The average Bonchev–Trinajstić information content (AvgIpc) is 3.58. The molecule has 35 heavy (non-hydrogen) atoms. The zero-order valence-corrected chi connectivity index (χ0v) is 20.5. The summed E-state index contributed by atoms with van der Waals surface area (Å²) < 4.78 is 2.07. The minimum absolute atomic E-state index is 0.445. The molecular weight excluding hydrogens is 456 g/mol. The zero-order chi connectivity index (χ0) is 24.0. The van der Waals surface area contributed by atoms with Gasteiger partial charge in [-0.3, -0.25) is 14.5 Å². The molecule has 1 aliphatic rings. The number of nitrogens with one attached hydrogen (secondary N) is 1. The predicted octanol–water partition coefficient (Wildman–Crippen LogP) is 4.40. The minimum atomic E-state index is -0.478. The highest BCUT2D eigenvalue weighted by atomic mass is 32.2. The van der Waals surface area contributed by atoms with Crippen LogP contribution in [0.25, 0.3) is 28.2 Å². The first kappa shape index (κ1) is 23.4. The molecule has 0 spiro atoms. The van der Waals surface area contributed by atoms with Gasteiger partial charge in [-0.1, -0.05) is 30.3 Å². The Morgan fingerprint density at radius 2 is 1.89 bits per heavy atom. The van der Waals surface area contributed by atoms with Crippen molar-refractivity contribution in [3.63, 3.8) is 0 Å². The number of carbonyl (C=O) groups is 1. The number of hydrogen-bond donors (Lipinski definition) is 2. The molecule has 1 saturated heterocycles. The topological polar surface area (TPSA) is 92.8 Å².